The lowest BCUT2D eigenvalue weighted by Crippen LogP contribution is -2.28. The normalized spacial score (nSPS) is 13.7. The molecule has 112 valence electrons. The van der Waals surface area contributed by atoms with E-state index in [1.165, 1.54) is 0 Å². The predicted octanol–water partition coefficient (Wildman–Crippen LogP) is 1.97. The Bertz CT molecular complexity index is 796. The molecule has 2 aromatic heterocycles. The highest BCUT2D eigenvalue weighted by Crippen LogP contribution is 2.24. The number of nitrogens with zero attached hydrogens (tertiary/aromatic N) is 3. The quantitative estimate of drug-likeness (QED) is 0.771. The zero-order chi connectivity index (χ0) is 15.6. The van der Waals surface area contributed by atoms with Crippen molar-refractivity contribution >= 4 is 17.5 Å². The zero-order valence-corrected chi connectivity index (χ0v) is 12.1. The smallest absolute Gasteiger partial charge is 0.235 e. The van der Waals surface area contributed by atoms with E-state index in [0.29, 0.717) is 17.2 Å². The minimum absolute atomic E-state index is 0.0707. The van der Waals surface area contributed by atoms with Crippen LogP contribution in [-0.4, -0.2) is 25.6 Å². The van der Waals surface area contributed by atoms with Crippen molar-refractivity contribution < 1.29 is 9.90 Å². The molecule has 1 unspecified atom stereocenters. The third-order valence-corrected chi connectivity index (χ3v) is 3.47. The largest absolute Gasteiger partial charge is 0.385 e. The fourth-order valence-corrected chi connectivity index (χ4v) is 2.31. The summed E-state index contributed by atoms with van der Waals surface area (Å²) in [6.07, 6.45) is 1.69. The SMILES string of the molecule is CC(O)(CC(=O)Nc1nnc2ccccn12)c1ccccc1. The second kappa shape index (κ2) is 5.57. The van der Waals surface area contributed by atoms with Crippen LogP contribution in [0.2, 0.25) is 0 Å². The van der Waals surface area contributed by atoms with Gasteiger partial charge >= 0.3 is 0 Å². The summed E-state index contributed by atoms with van der Waals surface area (Å²) in [5, 5.41) is 21.1. The number of amides is 1. The van der Waals surface area contributed by atoms with Gasteiger partial charge in [0.15, 0.2) is 5.65 Å². The van der Waals surface area contributed by atoms with Gasteiger partial charge in [0.1, 0.15) is 0 Å². The summed E-state index contributed by atoms with van der Waals surface area (Å²) < 4.78 is 1.68. The first-order valence-electron chi connectivity index (χ1n) is 6.94. The molecular formula is C16H16N4O2. The molecular weight excluding hydrogens is 280 g/mol. The molecule has 0 radical (unpaired) electrons. The van der Waals surface area contributed by atoms with Gasteiger partial charge in [-0.2, -0.15) is 0 Å². The van der Waals surface area contributed by atoms with Gasteiger partial charge in [-0.1, -0.05) is 36.4 Å². The molecule has 0 aliphatic rings. The van der Waals surface area contributed by atoms with E-state index in [0.717, 1.165) is 0 Å². The predicted molar refractivity (Wildman–Crippen MR) is 82.2 cm³/mol. The Morgan fingerprint density at radius 3 is 2.68 bits per heavy atom. The standard InChI is InChI=1S/C16H16N4O2/c1-16(22,12-7-3-2-4-8-12)11-14(21)17-15-19-18-13-9-5-6-10-20(13)15/h2-10,22H,11H2,1H3,(H,17,19,21). The zero-order valence-electron chi connectivity index (χ0n) is 12.1. The van der Waals surface area contributed by atoms with Crippen molar-refractivity contribution in [2.24, 2.45) is 0 Å². The molecule has 22 heavy (non-hydrogen) atoms. The molecule has 1 amide bonds. The molecule has 3 rings (SSSR count). The number of hydrogen-bond donors (Lipinski definition) is 2. The summed E-state index contributed by atoms with van der Waals surface area (Å²) >= 11 is 0. The number of hydrogen-bond acceptors (Lipinski definition) is 4. The van der Waals surface area contributed by atoms with E-state index in [9.17, 15) is 9.90 Å². The number of nitrogens with one attached hydrogen (secondary N) is 1. The summed E-state index contributed by atoms with van der Waals surface area (Å²) in [7, 11) is 0. The summed E-state index contributed by atoms with van der Waals surface area (Å²) in [4.78, 5) is 12.2. The molecule has 0 fully saturated rings. The summed E-state index contributed by atoms with van der Waals surface area (Å²) in [5.74, 6) is 0.0106. The maximum absolute atomic E-state index is 12.2. The average molecular weight is 296 g/mol. The van der Waals surface area contributed by atoms with Gasteiger partial charge in [-0.3, -0.25) is 14.5 Å². The van der Waals surface area contributed by atoms with Crippen LogP contribution in [0, 0.1) is 0 Å². The topological polar surface area (TPSA) is 79.5 Å². The molecule has 0 bridgehead atoms. The minimum atomic E-state index is -1.24. The molecule has 0 spiro atoms. The first kappa shape index (κ1) is 14.2. The maximum atomic E-state index is 12.2. The summed E-state index contributed by atoms with van der Waals surface area (Å²) in [6.45, 7) is 1.61. The number of pyridine rings is 1. The van der Waals surface area contributed by atoms with Crippen LogP contribution in [0.15, 0.2) is 54.7 Å². The Balaban J connectivity index is 1.75. The number of benzene rings is 1. The highest BCUT2D eigenvalue weighted by molar-refractivity contribution is 5.90. The molecule has 0 aliphatic carbocycles. The molecule has 2 N–H and O–H groups in total. The van der Waals surface area contributed by atoms with E-state index in [1.807, 2.05) is 30.3 Å². The van der Waals surface area contributed by atoms with Gasteiger partial charge in [0.05, 0.1) is 12.0 Å². The van der Waals surface area contributed by atoms with Gasteiger partial charge in [-0.15, -0.1) is 10.2 Å². The molecule has 0 saturated heterocycles. The van der Waals surface area contributed by atoms with Crippen LogP contribution in [0.5, 0.6) is 0 Å². The van der Waals surface area contributed by atoms with Crippen molar-refractivity contribution in [1.29, 1.82) is 0 Å². The van der Waals surface area contributed by atoms with Crippen LogP contribution in [0.3, 0.4) is 0 Å². The Morgan fingerprint density at radius 1 is 1.18 bits per heavy atom. The third-order valence-electron chi connectivity index (χ3n) is 3.47. The molecule has 2 heterocycles. The van der Waals surface area contributed by atoms with Gasteiger partial charge in [-0.05, 0) is 24.6 Å². The van der Waals surface area contributed by atoms with Crippen LogP contribution >= 0.6 is 0 Å². The molecule has 0 aliphatic heterocycles. The van der Waals surface area contributed by atoms with Gasteiger partial charge in [0.25, 0.3) is 0 Å². The highest BCUT2D eigenvalue weighted by atomic mass is 16.3. The van der Waals surface area contributed by atoms with E-state index >= 15 is 0 Å². The average Bonchev–Trinajstić information content (AvgIpc) is 2.91. The van der Waals surface area contributed by atoms with Crippen molar-refractivity contribution in [2.45, 2.75) is 18.9 Å². The van der Waals surface area contributed by atoms with Crippen molar-refractivity contribution in [3.63, 3.8) is 0 Å². The number of carbonyl (C=O) groups excluding carboxylic acids is 1. The van der Waals surface area contributed by atoms with E-state index in [-0.39, 0.29) is 12.3 Å². The van der Waals surface area contributed by atoms with Gasteiger partial charge < -0.3 is 5.11 Å². The maximum Gasteiger partial charge on any atom is 0.235 e. The highest BCUT2D eigenvalue weighted by Gasteiger charge is 2.27. The van der Waals surface area contributed by atoms with Gasteiger partial charge in [0.2, 0.25) is 11.9 Å². The monoisotopic (exact) mass is 296 g/mol. The van der Waals surface area contributed by atoms with Crippen LogP contribution in [0.4, 0.5) is 5.95 Å². The Labute approximate surface area is 127 Å². The number of aliphatic hydroxyl groups is 1. The lowest BCUT2D eigenvalue weighted by Gasteiger charge is -2.22. The number of fused-ring (bicyclic) bond motifs is 1. The van der Waals surface area contributed by atoms with E-state index in [1.54, 1.807) is 35.7 Å². The number of anilines is 1. The number of carbonyl (C=O) groups is 1. The van der Waals surface area contributed by atoms with E-state index < -0.39 is 5.60 Å². The minimum Gasteiger partial charge on any atom is -0.385 e. The number of rotatable bonds is 4. The first-order valence-corrected chi connectivity index (χ1v) is 6.94. The van der Waals surface area contributed by atoms with Crippen molar-refractivity contribution in [1.82, 2.24) is 14.6 Å². The lowest BCUT2D eigenvalue weighted by molar-refractivity contribution is -0.120. The number of aromatic nitrogens is 3. The lowest BCUT2D eigenvalue weighted by atomic mass is 9.92. The van der Waals surface area contributed by atoms with Crippen molar-refractivity contribution in [3.8, 4) is 0 Å². The Kier molecular flexibility index (Phi) is 3.60. The van der Waals surface area contributed by atoms with Crippen LogP contribution in [0.1, 0.15) is 18.9 Å². The fourth-order valence-electron chi connectivity index (χ4n) is 2.31. The van der Waals surface area contributed by atoms with Gasteiger partial charge in [0, 0.05) is 6.20 Å². The molecule has 0 saturated carbocycles. The fraction of sp³-hybridized carbons (Fsp3) is 0.188. The third kappa shape index (κ3) is 2.82. The van der Waals surface area contributed by atoms with Crippen LogP contribution in [0.25, 0.3) is 5.65 Å². The van der Waals surface area contributed by atoms with Crippen molar-refractivity contribution in [2.75, 3.05) is 5.32 Å². The second-order valence-electron chi connectivity index (χ2n) is 5.32. The molecule has 1 aromatic carbocycles. The molecule has 3 aromatic rings. The molecule has 6 nitrogen and oxygen atoms in total. The summed E-state index contributed by atoms with van der Waals surface area (Å²) in [5.41, 5.74) is 0.0927. The Morgan fingerprint density at radius 2 is 1.91 bits per heavy atom. The van der Waals surface area contributed by atoms with E-state index in [2.05, 4.69) is 15.5 Å². The molecule has 1 atom stereocenters. The summed E-state index contributed by atoms with van der Waals surface area (Å²) in [6, 6.07) is 14.6. The Hall–Kier alpha value is -2.73. The van der Waals surface area contributed by atoms with Crippen LogP contribution in [-0.2, 0) is 10.4 Å². The van der Waals surface area contributed by atoms with Crippen molar-refractivity contribution in [3.05, 3.63) is 60.3 Å². The molecule has 6 heteroatoms. The van der Waals surface area contributed by atoms with Gasteiger partial charge in [-0.25, -0.2) is 0 Å². The van der Waals surface area contributed by atoms with E-state index in [4.69, 9.17) is 0 Å². The first-order chi connectivity index (χ1) is 10.6. The second-order valence-corrected chi connectivity index (χ2v) is 5.32. The van der Waals surface area contributed by atoms with Crippen LogP contribution < -0.4 is 5.32 Å².